The van der Waals surface area contributed by atoms with Crippen LogP contribution in [0.15, 0.2) is 18.2 Å². The molecule has 2 aliphatic heterocycles. The Labute approximate surface area is 115 Å². The van der Waals surface area contributed by atoms with Crippen LogP contribution >= 0.6 is 0 Å². The zero-order valence-electron chi connectivity index (χ0n) is 11.0. The Morgan fingerprint density at radius 2 is 2.00 bits per heavy atom. The lowest BCUT2D eigenvalue weighted by molar-refractivity contribution is -0.141. The number of hydrogen-bond acceptors (Lipinski definition) is 3. The van der Waals surface area contributed by atoms with E-state index in [2.05, 4.69) is 10.3 Å². The summed E-state index contributed by atoms with van der Waals surface area (Å²) in [5.74, 6) is -0.0320. The lowest BCUT2D eigenvalue weighted by Gasteiger charge is -2.32. The summed E-state index contributed by atoms with van der Waals surface area (Å²) in [6.07, 6.45) is -1.78. The van der Waals surface area contributed by atoms with Gasteiger partial charge >= 0.3 is 6.18 Å². The number of alkyl halides is 3. The monoisotopic (exact) mass is 286 g/mol. The first-order valence-electron chi connectivity index (χ1n) is 6.87. The lowest BCUT2D eigenvalue weighted by Crippen LogP contribution is -2.41. The van der Waals surface area contributed by atoms with Crippen molar-refractivity contribution in [2.45, 2.75) is 37.0 Å². The van der Waals surface area contributed by atoms with Gasteiger partial charge in [-0.05, 0) is 44.5 Å². The molecule has 3 rings (SSSR count). The second kappa shape index (κ2) is 5.00. The van der Waals surface area contributed by atoms with E-state index in [0.29, 0.717) is 12.3 Å². The molecule has 1 N–H and O–H groups in total. The summed E-state index contributed by atoms with van der Waals surface area (Å²) in [5.41, 5.74) is -0.484. The smallest absolute Gasteiger partial charge is 0.374 e. The molecule has 2 fully saturated rings. The Hall–Kier alpha value is -1.14. The van der Waals surface area contributed by atoms with E-state index in [-0.39, 0.29) is 11.5 Å². The van der Waals surface area contributed by atoms with Crippen molar-refractivity contribution < 1.29 is 17.9 Å². The quantitative estimate of drug-likeness (QED) is 0.862. The van der Waals surface area contributed by atoms with E-state index >= 15 is 0 Å². The number of ether oxygens (including phenoxy) is 1. The van der Waals surface area contributed by atoms with Crippen molar-refractivity contribution in [1.82, 2.24) is 10.3 Å². The van der Waals surface area contributed by atoms with Gasteiger partial charge in [-0.25, -0.2) is 4.98 Å². The summed E-state index contributed by atoms with van der Waals surface area (Å²) < 4.78 is 44.0. The van der Waals surface area contributed by atoms with Gasteiger partial charge in [-0.1, -0.05) is 6.07 Å². The van der Waals surface area contributed by atoms with E-state index in [1.165, 1.54) is 6.07 Å². The van der Waals surface area contributed by atoms with Gasteiger partial charge in [0.25, 0.3) is 0 Å². The van der Waals surface area contributed by atoms with E-state index in [1.54, 1.807) is 6.07 Å². The third-order valence-corrected chi connectivity index (χ3v) is 4.20. The van der Waals surface area contributed by atoms with Crippen molar-refractivity contribution >= 4 is 0 Å². The molecule has 0 amide bonds. The molecule has 110 valence electrons. The number of nitrogens with one attached hydrogen (secondary N) is 1. The molecule has 2 aliphatic rings. The van der Waals surface area contributed by atoms with Crippen molar-refractivity contribution in [3.63, 3.8) is 0 Å². The van der Waals surface area contributed by atoms with Gasteiger partial charge < -0.3 is 10.1 Å². The van der Waals surface area contributed by atoms with Crippen molar-refractivity contribution in [2.24, 2.45) is 0 Å². The Kier molecular flexibility index (Phi) is 3.46. The SMILES string of the molecule is FC(F)(F)c1cccc(C2COC3(CCNCC3)C2)n1. The maximum absolute atomic E-state index is 12.7. The van der Waals surface area contributed by atoms with E-state index in [9.17, 15) is 13.2 Å². The minimum absolute atomic E-state index is 0.0320. The number of aromatic nitrogens is 1. The molecule has 1 atom stereocenters. The largest absolute Gasteiger partial charge is 0.433 e. The fraction of sp³-hybridized carbons (Fsp3) is 0.643. The van der Waals surface area contributed by atoms with Crippen LogP contribution in [0, 0.1) is 0 Å². The Bertz CT molecular complexity index is 484. The molecule has 0 saturated carbocycles. The predicted octanol–water partition coefficient (Wildman–Crippen LogP) is 2.73. The van der Waals surface area contributed by atoms with Crippen molar-refractivity contribution in [2.75, 3.05) is 19.7 Å². The number of piperidine rings is 1. The van der Waals surface area contributed by atoms with Crippen molar-refractivity contribution in [3.8, 4) is 0 Å². The van der Waals surface area contributed by atoms with E-state index in [1.807, 2.05) is 0 Å². The number of rotatable bonds is 1. The summed E-state index contributed by atoms with van der Waals surface area (Å²) in [6.45, 7) is 2.28. The van der Waals surface area contributed by atoms with Gasteiger partial charge in [-0.2, -0.15) is 13.2 Å². The molecule has 2 saturated heterocycles. The van der Waals surface area contributed by atoms with Crippen LogP contribution in [0.25, 0.3) is 0 Å². The molecule has 0 aromatic carbocycles. The number of hydrogen-bond donors (Lipinski definition) is 1. The standard InChI is InChI=1S/C14H17F3N2O/c15-14(16,17)12-3-1-2-11(19-12)10-8-13(20-9-10)4-6-18-7-5-13/h1-3,10,18H,4-9H2. The lowest BCUT2D eigenvalue weighted by atomic mass is 9.85. The highest BCUT2D eigenvalue weighted by atomic mass is 19.4. The minimum Gasteiger partial charge on any atom is -0.374 e. The second-order valence-corrected chi connectivity index (χ2v) is 5.59. The zero-order valence-corrected chi connectivity index (χ0v) is 11.0. The van der Waals surface area contributed by atoms with Crippen LogP contribution in [0.1, 0.15) is 36.6 Å². The van der Waals surface area contributed by atoms with Gasteiger partial charge in [0.1, 0.15) is 5.69 Å². The van der Waals surface area contributed by atoms with Crippen LogP contribution in [0.4, 0.5) is 13.2 Å². The molecule has 0 bridgehead atoms. The Morgan fingerprint density at radius 3 is 2.70 bits per heavy atom. The first kappa shape index (κ1) is 13.8. The molecule has 3 nitrogen and oxygen atoms in total. The first-order valence-corrected chi connectivity index (χ1v) is 6.87. The van der Waals surface area contributed by atoms with Crippen LogP contribution in [0.2, 0.25) is 0 Å². The Morgan fingerprint density at radius 1 is 1.25 bits per heavy atom. The molecule has 0 aliphatic carbocycles. The first-order chi connectivity index (χ1) is 9.49. The van der Waals surface area contributed by atoms with Crippen molar-refractivity contribution in [3.05, 3.63) is 29.6 Å². The molecule has 3 heterocycles. The van der Waals surface area contributed by atoms with Crippen LogP contribution in [-0.2, 0) is 10.9 Å². The Balaban J connectivity index is 1.77. The van der Waals surface area contributed by atoms with Gasteiger partial charge in [-0.3, -0.25) is 0 Å². The third-order valence-electron chi connectivity index (χ3n) is 4.20. The van der Waals surface area contributed by atoms with Gasteiger partial charge in [0, 0.05) is 11.6 Å². The predicted molar refractivity (Wildman–Crippen MR) is 67.4 cm³/mol. The topological polar surface area (TPSA) is 34.1 Å². The maximum atomic E-state index is 12.7. The minimum atomic E-state index is -4.39. The zero-order chi connectivity index (χ0) is 14.2. The highest BCUT2D eigenvalue weighted by Gasteiger charge is 2.42. The molecule has 1 aromatic rings. The van der Waals surface area contributed by atoms with Gasteiger partial charge in [0.15, 0.2) is 0 Å². The molecule has 1 spiro atoms. The van der Waals surface area contributed by atoms with E-state index in [4.69, 9.17) is 4.74 Å². The average molecular weight is 286 g/mol. The number of nitrogens with zero attached hydrogens (tertiary/aromatic N) is 1. The summed E-state index contributed by atoms with van der Waals surface area (Å²) >= 11 is 0. The molecule has 1 aromatic heterocycles. The maximum Gasteiger partial charge on any atom is 0.433 e. The highest BCUT2D eigenvalue weighted by molar-refractivity contribution is 5.19. The molecule has 0 radical (unpaired) electrons. The summed E-state index contributed by atoms with van der Waals surface area (Å²) in [4.78, 5) is 3.78. The van der Waals surface area contributed by atoms with Gasteiger partial charge in [-0.15, -0.1) is 0 Å². The number of pyridine rings is 1. The van der Waals surface area contributed by atoms with E-state index < -0.39 is 11.9 Å². The number of halogens is 3. The molecule has 1 unspecified atom stereocenters. The summed E-state index contributed by atoms with van der Waals surface area (Å²) in [6, 6.07) is 4.11. The molecule has 6 heteroatoms. The summed E-state index contributed by atoms with van der Waals surface area (Å²) in [5, 5.41) is 3.28. The van der Waals surface area contributed by atoms with Crippen LogP contribution in [0.5, 0.6) is 0 Å². The van der Waals surface area contributed by atoms with E-state index in [0.717, 1.165) is 38.4 Å². The normalized spacial score (nSPS) is 26.1. The average Bonchev–Trinajstić information content (AvgIpc) is 2.83. The van der Waals surface area contributed by atoms with Crippen LogP contribution in [0.3, 0.4) is 0 Å². The summed E-state index contributed by atoms with van der Waals surface area (Å²) in [7, 11) is 0. The van der Waals surface area contributed by atoms with Crippen LogP contribution in [-0.4, -0.2) is 30.3 Å². The fourth-order valence-corrected chi connectivity index (χ4v) is 3.10. The second-order valence-electron chi connectivity index (χ2n) is 5.59. The highest BCUT2D eigenvalue weighted by Crippen LogP contribution is 2.41. The molecular weight excluding hydrogens is 269 g/mol. The molecule has 20 heavy (non-hydrogen) atoms. The van der Waals surface area contributed by atoms with Crippen molar-refractivity contribution in [1.29, 1.82) is 0 Å². The fourth-order valence-electron chi connectivity index (χ4n) is 3.10. The van der Waals surface area contributed by atoms with Gasteiger partial charge in [0.2, 0.25) is 0 Å². The third kappa shape index (κ3) is 2.67. The van der Waals surface area contributed by atoms with Gasteiger partial charge in [0.05, 0.1) is 12.2 Å². The van der Waals surface area contributed by atoms with Crippen LogP contribution < -0.4 is 5.32 Å². The molecular formula is C14H17F3N2O.